The first-order chi connectivity index (χ1) is 22.0. The molecule has 2 bridgehead atoms. The average Bonchev–Trinajstić information content (AvgIpc) is 3.51. The normalized spacial score (nSPS) is 40.3. The standard InChI is InChI=1S/C15H23NO4.C11H21NO4.C6H11NO4/c1-15(2)14(16)13(18)12(17)11(20-15)9-19-8-10-6-4-3-5-7-10;1-4-5-15-6-7-8(13)9(14)10(12)11(2,3)16-7;7-3-5(9)4(8)2-1-10-6(3)11-2/h3-7,11-14,17-18H,8-9,16H2,1-2H3;4,7-10,13-14H,1,5-6,12H2,2-3H3;2-6,8-9H,1,7H2. The fourth-order valence-corrected chi connectivity index (χ4v) is 5.59. The van der Waals surface area contributed by atoms with Gasteiger partial charge in [0, 0.05) is 0 Å². The number of rotatable bonds is 8. The van der Waals surface area contributed by atoms with Gasteiger partial charge in [0.2, 0.25) is 0 Å². The van der Waals surface area contributed by atoms with Crippen LogP contribution >= 0.6 is 0 Å². The Bertz CT molecular complexity index is 1060. The molecule has 0 spiro atoms. The van der Waals surface area contributed by atoms with Gasteiger partial charge >= 0.3 is 0 Å². The van der Waals surface area contributed by atoms with E-state index in [9.17, 15) is 30.6 Å². The molecule has 0 aliphatic carbocycles. The molecule has 12 N–H and O–H groups in total. The molecular formula is C32H55N3O12. The Kier molecular flexibility index (Phi) is 14.7. The fourth-order valence-electron chi connectivity index (χ4n) is 5.59. The zero-order valence-electron chi connectivity index (χ0n) is 27.6. The van der Waals surface area contributed by atoms with Gasteiger partial charge in [-0.05, 0) is 33.3 Å². The second-order valence-electron chi connectivity index (χ2n) is 13.3. The van der Waals surface area contributed by atoms with Crippen LogP contribution in [0.15, 0.2) is 43.0 Å². The minimum Gasteiger partial charge on any atom is -0.389 e. The quantitative estimate of drug-likeness (QED) is 0.103. The van der Waals surface area contributed by atoms with Crippen molar-refractivity contribution in [3.05, 3.63) is 48.6 Å². The Labute approximate surface area is 276 Å². The zero-order valence-corrected chi connectivity index (χ0v) is 27.6. The summed E-state index contributed by atoms with van der Waals surface area (Å²) in [6.07, 6.45) is -6.39. The Morgan fingerprint density at radius 1 is 0.766 bits per heavy atom. The van der Waals surface area contributed by atoms with E-state index in [0.29, 0.717) is 19.8 Å². The van der Waals surface area contributed by atoms with Crippen LogP contribution in [0, 0.1) is 0 Å². The number of benzene rings is 1. The maximum absolute atomic E-state index is 10.0. The van der Waals surface area contributed by atoms with E-state index in [1.54, 1.807) is 33.8 Å². The second kappa shape index (κ2) is 17.3. The van der Waals surface area contributed by atoms with Crippen LogP contribution in [0.3, 0.4) is 0 Å². The Hall–Kier alpha value is -1.64. The maximum atomic E-state index is 10.0. The van der Waals surface area contributed by atoms with E-state index < -0.39 is 90.6 Å². The number of hydrogen-bond acceptors (Lipinski definition) is 15. The molecule has 13 atom stereocenters. The summed E-state index contributed by atoms with van der Waals surface area (Å²) in [6.45, 7) is 12.3. The Morgan fingerprint density at radius 3 is 1.79 bits per heavy atom. The van der Waals surface area contributed by atoms with Gasteiger partial charge in [0.15, 0.2) is 6.29 Å². The molecule has 270 valence electrons. The molecule has 0 saturated carbocycles. The van der Waals surface area contributed by atoms with Crippen LogP contribution in [0.5, 0.6) is 0 Å². The summed E-state index contributed by atoms with van der Waals surface area (Å²) < 4.78 is 32.3. The highest BCUT2D eigenvalue weighted by Gasteiger charge is 2.49. The smallest absolute Gasteiger partial charge is 0.175 e. The highest BCUT2D eigenvalue weighted by atomic mass is 16.7. The molecule has 1 aromatic rings. The number of fused-ring (bicyclic) bond motifs is 2. The molecule has 13 unspecified atom stereocenters. The molecule has 0 amide bonds. The summed E-state index contributed by atoms with van der Waals surface area (Å²) in [6, 6.07) is 7.88. The predicted octanol–water partition coefficient (Wildman–Crippen LogP) is -2.36. The van der Waals surface area contributed by atoms with E-state index in [0.717, 1.165) is 5.56 Å². The Morgan fingerprint density at radius 2 is 1.28 bits per heavy atom. The van der Waals surface area contributed by atoms with E-state index in [1.807, 2.05) is 30.3 Å². The molecule has 0 aromatic heterocycles. The van der Waals surface area contributed by atoms with Gasteiger partial charge in [0.25, 0.3) is 0 Å². The van der Waals surface area contributed by atoms with Crippen LogP contribution < -0.4 is 17.2 Å². The van der Waals surface area contributed by atoms with Gasteiger partial charge in [-0.3, -0.25) is 0 Å². The molecule has 4 saturated heterocycles. The van der Waals surface area contributed by atoms with Gasteiger partial charge in [0.05, 0.1) is 62.4 Å². The highest BCUT2D eigenvalue weighted by Crippen LogP contribution is 2.30. The third-order valence-electron chi connectivity index (χ3n) is 8.80. The van der Waals surface area contributed by atoms with E-state index >= 15 is 0 Å². The average molecular weight is 674 g/mol. The third-order valence-corrected chi connectivity index (χ3v) is 8.80. The molecule has 4 aliphatic heterocycles. The molecule has 15 nitrogen and oxygen atoms in total. The second-order valence-corrected chi connectivity index (χ2v) is 13.3. The van der Waals surface area contributed by atoms with Crippen LogP contribution in [0.4, 0.5) is 0 Å². The van der Waals surface area contributed by atoms with Gasteiger partial charge in [0.1, 0.15) is 54.9 Å². The van der Waals surface area contributed by atoms with Gasteiger partial charge in [-0.1, -0.05) is 36.4 Å². The van der Waals surface area contributed by atoms with Crippen LogP contribution in [0.2, 0.25) is 0 Å². The molecule has 4 aliphatic rings. The van der Waals surface area contributed by atoms with Gasteiger partial charge in [-0.25, -0.2) is 0 Å². The van der Waals surface area contributed by atoms with Crippen molar-refractivity contribution in [2.75, 3.05) is 26.4 Å². The highest BCUT2D eigenvalue weighted by molar-refractivity contribution is 5.13. The fraction of sp³-hybridized carbons (Fsp3) is 0.750. The molecule has 47 heavy (non-hydrogen) atoms. The van der Waals surface area contributed by atoms with Gasteiger partial charge < -0.3 is 76.3 Å². The minimum absolute atomic E-state index is 0.209. The first-order valence-corrected chi connectivity index (χ1v) is 15.8. The van der Waals surface area contributed by atoms with Crippen molar-refractivity contribution in [1.82, 2.24) is 0 Å². The summed E-state index contributed by atoms with van der Waals surface area (Å²) in [4.78, 5) is 0. The number of hydrogen-bond donors (Lipinski definition) is 9. The van der Waals surface area contributed by atoms with Crippen molar-refractivity contribution in [2.45, 2.75) is 125 Å². The van der Waals surface area contributed by atoms with Crippen molar-refractivity contribution in [3.8, 4) is 0 Å². The van der Waals surface area contributed by atoms with Crippen LogP contribution in [0.25, 0.3) is 0 Å². The lowest BCUT2D eigenvalue weighted by atomic mass is 9.86. The summed E-state index contributed by atoms with van der Waals surface area (Å²) in [5.74, 6) is 0. The molecule has 5 rings (SSSR count). The lowest BCUT2D eigenvalue weighted by Crippen LogP contribution is -2.66. The molecule has 1 aromatic carbocycles. The topological polar surface area (TPSA) is 255 Å². The SMILES string of the molecule is C=CCOCC1OC(C)(C)C(N)C(O)C1O.CC1(C)OC(COCc2ccccc2)C(O)C(O)C1N.NC1C2OCC(O2)C(O)C1O. The Balaban J connectivity index is 0.000000199. The number of aliphatic hydroxyl groups is 6. The minimum atomic E-state index is -1.03. The van der Waals surface area contributed by atoms with E-state index in [4.69, 9.17) is 45.6 Å². The number of nitrogens with two attached hydrogens (primary N) is 3. The molecule has 0 radical (unpaired) electrons. The van der Waals surface area contributed by atoms with Crippen molar-refractivity contribution < 1.29 is 59.1 Å². The van der Waals surface area contributed by atoms with E-state index in [1.165, 1.54) is 0 Å². The summed E-state index contributed by atoms with van der Waals surface area (Å²) in [7, 11) is 0. The van der Waals surface area contributed by atoms with Crippen LogP contribution in [-0.4, -0.2) is 148 Å². The maximum Gasteiger partial charge on any atom is 0.175 e. The molecule has 4 heterocycles. The molecule has 15 heteroatoms. The van der Waals surface area contributed by atoms with Gasteiger partial charge in [-0.2, -0.15) is 0 Å². The first-order valence-electron chi connectivity index (χ1n) is 15.8. The first kappa shape index (κ1) is 39.8. The predicted molar refractivity (Wildman–Crippen MR) is 170 cm³/mol. The van der Waals surface area contributed by atoms with Crippen molar-refractivity contribution in [2.24, 2.45) is 17.2 Å². The summed E-state index contributed by atoms with van der Waals surface area (Å²) >= 11 is 0. The van der Waals surface area contributed by atoms with Crippen LogP contribution in [0.1, 0.15) is 33.3 Å². The van der Waals surface area contributed by atoms with E-state index in [-0.39, 0.29) is 13.2 Å². The van der Waals surface area contributed by atoms with E-state index in [2.05, 4.69) is 6.58 Å². The van der Waals surface area contributed by atoms with Crippen molar-refractivity contribution >= 4 is 0 Å². The largest absolute Gasteiger partial charge is 0.389 e. The van der Waals surface area contributed by atoms with Gasteiger partial charge in [-0.15, -0.1) is 6.58 Å². The number of aliphatic hydroxyl groups excluding tert-OH is 6. The summed E-state index contributed by atoms with van der Waals surface area (Å²) in [5, 5.41) is 58.1. The zero-order chi connectivity index (χ0) is 35.1. The lowest BCUT2D eigenvalue weighted by molar-refractivity contribution is -0.226. The molecule has 4 fully saturated rings. The molecular weight excluding hydrogens is 618 g/mol. The lowest BCUT2D eigenvalue weighted by Gasteiger charge is -2.46. The van der Waals surface area contributed by atoms with Crippen LogP contribution in [-0.2, 0) is 35.0 Å². The monoisotopic (exact) mass is 673 g/mol. The third kappa shape index (κ3) is 10.2. The van der Waals surface area contributed by atoms with Crippen molar-refractivity contribution in [1.29, 1.82) is 0 Å². The number of ether oxygens (including phenoxy) is 6. The van der Waals surface area contributed by atoms with Crippen molar-refractivity contribution in [3.63, 3.8) is 0 Å². The summed E-state index contributed by atoms with van der Waals surface area (Å²) in [5.41, 5.74) is 16.8.